The highest BCUT2D eigenvalue weighted by Gasteiger charge is 2.35. The van der Waals surface area contributed by atoms with Crippen molar-refractivity contribution in [1.82, 2.24) is 19.8 Å². The average molecular weight is 532 g/mol. The van der Waals surface area contributed by atoms with Crippen LogP contribution < -0.4 is 4.90 Å². The number of fused-ring (bicyclic) bond motifs is 1. The Morgan fingerprint density at radius 3 is 2.53 bits per heavy atom. The minimum Gasteiger partial charge on any atom is -0.333 e. The van der Waals surface area contributed by atoms with Crippen molar-refractivity contribution in [2.75, 3.05) is 31.1 Å². The molecule has 0 bridgehead atoms. The van der Waals surface area contributed by atoms with Gasteiger partial charge in [0, 0.05) is 56.4 Å². The van der Waals surface area contributed by atoms with E-state index in [0.29, 0.717) is 48.3 Å². The van der Waals surface area contributed by atoms with Crippen molar-refractivity contribution in [2.24, 2.45) is 5.92 Å². The smallest absolute Gasteiger partial charge is 0.257 e. The van der Waals surface area contributed by atoms with E-state index in [1.54, 1.807) is 6.20 Å². The van der Waals surface area contributed by atoms with Crippen LogP contribution in [0.3, 0.4) is 0 Å². The van der Waals surface area contributed by atoms with Crippen molar-refractivity contribution in [3.05, 3.63) is 88.0 Å². The Bertz CT molecular complexity index is 1310. The molecule has 0 unspecified atom stereocenters. The molecule has 1 saturated carbocycles. The maximum absolute atomic E-state index is 13.9. The van der Waals surface area contributed by atoms with Crippen molar-refractivity contribution < 1.29 is 9.59 Å². The topological polar surface area (TPSA) is 69.6 Å². The van der Waals surface area contributed by atoms with Crippen LogP contribution >= 0.6 is 11.6 Å². The summed E-state index contributed by atoms with van der Waals surface area (Å²) < 4.78 is 0. The lowest BCUT2D eigenvalue weighted by Gasteiger charge is -2.28. The van der Waals surface area contributed by atoms with Gasteiger partial charge in [-0.25, -0.2) is 9.97 Å². The summed E-state index contributed by atoms with van der Waals surface area (Å²) >= 11 is 6.44. The Kier molecular flexibility index (Phi) is 8.05. The van der Waals surface area contributed by atoms with E-state index in [9.17, 15) is 9.59 Å². The molecule has 2 amide bonds. The van der Waals surface area contributed by atoms with Gasteiger partial charge >= 0.3 is 0 Å². The molecule has 1 aliphatic heterocycles. The van der Waals surface area contributed by atoms with Crippen LogP contribution in [0.4, 0.5) is 5.69 Å². The number of halogens is 1. The predicted octanol–water partition coefficient (Wildman–Crippen LogP) is 5.04. The van der Waals surface area contributed by atoms with Crippen LogP contribution in [0.5, 0.6) is 0 Å². The van der Waals surface area contributed by atoms with Crippen molar-refractivity contribution in [1.29, 1.82) is 0 Å². The maximum atomic E-state index is 13.9. The molecule has 1 fully saturated rings. The van der Waals surface area contributed by atoms with Gasteiger partial charge in [-0.3, -0.25) is 14.5 Å². The van der Waals surface area contributed by atoms with Crippen molar-refractivity contribution in [2.45, 2.75) is 46.2 Å². The van der Waals surface area contributed by atoms with Crippen LogP contribution in [0.2, 0.25) is 5.02 Å². The van der Waals surface area contributed by atoms with Gasteiger partial charge in [-0.05, 0) is 56.4 Å². The second-order valence-corrected chi connectivity index (χ2v) is 10.7. The summed E-state index contributed by atoms with van der Waals surface area (Å²) in [6.07, 6.45) is 4.32. The molecule has 5 rings (SSSR count). The molecule has 1 aromatic heterocycles. The summed E-state index contributed by atoms with van der Waals surface area (Å²) in [5.74, 6) is 0.766. The average Bonchev–Trinajstić information content (AvgIpc) is 3.75. The third-order valence-electron chi connectivity index (χ3n) is 7.30. The molecule has 3 aromatic rings. The lowest BCUT2D eigenvalue weighted by atomic mass is 10.1. The highest BCUT2D eigenvalue weighted by molar-refractivity contribution is 6.31. The zero-order chi connectivity index (χ0) is 26.6. The van der Waals surface area contributed by atoms with Gasteiger partial charge in [-0.1, -0.05) is 48.0 Å². The minimum atomic E-state index is -0.109. The molecule has 2 aliphatic rings. The lowest BCUT2D eigenvalue weighted by molar-refractivity contribution is -0.119. The zero-order valence-corrected chi connectivity index (χ0v) is 22.8. The molecule has 0 spiro atoms. The van der Waals surface area contributed by atoms with Gasteiger partial charge in [0.15, 0.2) is 0 Å². The van der Waals surface area contributed by atoms with E-state index in [2.05, 4.69) is 27.0 Å². The number of hydrogen-bond donors (Lipinski definition) is 0. The van der Waals surface area contributed by atoms with Gasteiger partial charge in [0.2, 0.25) is 5.91 Å². The van der Waals surface area contributed by atoms with Crippen LogP contribution in [0.15, 0.2) is 54.7 Å². The third-order valence-corrected chi connectivity index (χ3v) is 7.54. The summed E-state index contributed by atoms with van der Waals surface area (Å²) in [5.41, 5.74) is 4.12. The number of carbonyl (C=O) groups excluding carboxylic acids is 2. The summed E-state index contributed by atoms with van der Waals surface area (Å²) in [7, 11) is 0. The molecule has 0 atom stereocenters. The van der Waals surface area contributed by atoms with E-state index in [4.69, 9.17) is 11.6 Å². The van der Waals surface area contributed by atoms with E-state index in [0.717, 1.165) is 43.6 Å². The predicted molar refractivity (Wildman–Crippen MR) is 149 cm³/mol. The lowest BCUT2D eigenvalue weighted by Crippen LogP contribution is -2.39. The monoisotopic (exact) mass is 531 g/mol. The SMILES string of the molecule is Cc1ncc(C(=O)N2CCN(Cc3ccccc3)CCCN(C(=O)C3CC3)c3cc(Cl)ccc3C2)c(C)n1. The molecule has 7 nitrogen and oxygen atoms in total. The number of aryl methyl sites for hydroxylation is 2. The molecule has 38 heavy (non-hydrogen) atoms. The van der Waals surface area contributed by atoms with Gasteiger partial charge in [0.25, 0.3) is 5.91 Å². The number of aromatic nitrogens is 2. The van der Waals surface area contributed by atoms with Crippen molar-refractivity contribution in [3.63, 3.8) is 0 Å². The Labute approximate surface area is 229 Å². The molecular formula is C30H34ClN5O2. The van der Waals surface area contributed by atoms with Crippen molar-refractivity contribution in [3.8, 4) is 0 Å². The fraction of sp³-hybridized carbons (Fsp3) is 0.400. The van der Waals surface area contributed by atoms with E-state index in [1.165, 1.54) is 5.56 Å². The van der Waals surface area contributed by atoms with Gasteiger partial charge < -0.3 is 9.80 Å². The molecule has 0 N–H and O–H groups in total. The highest BCUT2D eigenvalue weighted by atomic mass is 35.5. The van der Waals surface area contributed by atoms with Gasteiger partial charge in [0.05, 0.1) is 16.9 Å². The Balaban J connectivity index is 1.51. The molecule has 1 aliphatic carbocycles. The van der Waals surface area contributed by atoms with Crippen LogP contribution in [-0.4, -0.2) is 57.8 Å². The second-order valence-electron chi connectivity index (χ2n) is 10.3. The van der Waals surface area contributed by atoms with E-state index >= 15 is 0 Å². The molecule has 0 saturated heterocycles. The van der Waals surface area contributed by atoms with Crippen LogP contribution in [-0.2, 0) is 17.9 Å². The molecule has 8 heteroatoms. The molecule has 198 valence electrons. The molecule has 0 radical (unpaired) electrons. The number of carbonyl (C=O) groups is 2. The number of nitrogens with zero attached hydrogens (tertiary/aromatic N) is 5. The Hall–Kier alpha value is -3.29. The molecule has 2 aromatic carbocycles. The number of amides is 2. The number of rotatable bonds is 4. The van der Waals surface area contributed by atoms with E-state index < -0.39 is 0 Å². The fourth-order valence-corrected chi connectivity index (χ4v) is 5.24. The summed E-state index contributed by atoms with van der Waals surface area (Å²) in [6.45, 7) is 7.50. The first-order valence-electron chi connectivity index (χ1n) is 13.3. The van der Waals surface area contributed by atoms with Gasteiger partial charge in [0.1, 0.15) is 5.82 Å². The zero-order valence-electron chi connectivity index (χ0n) is 22.1. The van der Waals surface area contributed by atoms with E-state index in [-0.39, 0.29) is 17.7 Å². The maximum Gasteiger partial charge on any atom is 0.257 e. The van der Waals surface area contributed by atoms with Crippen LogP contribution in [0.1, 0.15) is 52.3 Å². The number of anilines is 1. The second kappa shape index (κ2) is 11.6. The van der Waals surface area contributed by atoms with Gasteiger partial charge in [-0.2, -0.15) is 0 Å². The molecular weight excluding hydrogens is 498 g/mol. The number of benzene rings is 2. The minimum absolute atomic E-state index is 0.0810. The summed E-state index contributed by atoms with van der Waals surface area (Å²) in [6, 6.07) is 16.0. The third kappa shape index (κ3) is 6.22. The summed E-state index contributed by atoms with van der Waals surface area (Å²) in [4.78, 5) is 42.2. The van der Waals surface area contributed by atoms with Crippen LogP contribution in [0.25, 0.3) is 0 Å². The van der Waals surface area contributed by atoms with Crippen LogP contribution in [0, 0.1) is 19.8 Å². The first-order chi connectivity index (χ1) is 18.4. The quantitative estimate of drug-likeness (QED) is 0.472. The first-order valence-corrected chi connectivity index (χ1v) is 13.7. The normalized spacial score (nSPS) is 17.0. The van der Waals surface area contributed by atoms with E-state index in [1.807, 2.05) is 60.0 Å². The number of hydrogen-bond acceptors (Lipinski definition) is 5. The molecule has 2 heterocycles. The largest absolute Gasteiger partial charge is 0.333 e. The van der Waals surface area contributed by atoms with Crippen molar-refractivity contribution >= 4 is 29.1 Å². The summed E-state index contributed by atoms with van der Waals surface area (Å²) in [5, 5.41) is 0.582. The van der Waals surface area contributed by atoms with Gasteiger partial charge in [-0.15, -0.1) is 0 Å². The highest BCUT2D eigenvalue weighted by Crippen LogP contribution is 2.35. The standard InChI is InChI=1S/C30H34ClN5O2/c1-21-27(18-32-22(2)33-21)30(38)35-16-15-34(19-23-7-4-3-5-8-23)13-6-14-36(29(37)24-9-10-24)28-17-26(31)12-11-25(28)20-35/h3-5,7-8,11-12,17-18,24H,6,9-10,13-16,19-20H2,1-2H3. The Morgan fingerprint density at radius 1 is 1.00 bits per heavy atom. The first kappa shape index (κ1) is 26.3. The fourth-order valence-electron chi connectivity index (χ4n) is 5.07. The Morgan fingerprint density at radius 2 is 1.79 bits per heavy atom.